The average molecular weight is 297 g/mol. The molecule has 5 heteroatoms. The van der Waals surface area contributed by atoms with Gasteiger partial charge in [-0.25, -0.2) is 0 Å². The Kier molecular flexibility index (Phi) is 4.34. The summed E-state index contributed by atoms with van der Waals surface area (Å²) >= 11 is 0. The highest BCUT2D eigenvalue weighted by atomic mass is 16.5. The van der Waals surface area contributed by atoms with Crippen molar-refractivity contribution in [2.75, 3.05) is 20.1 Å². The SMILES string of the molecule is CN(C(=O)c1cc(Oc2ccccc2)ccn1)C1CCNC1. The molecule has 22 heavy (non-hydrogen) atoms. The molecule has 0 saturated carbocycles. The predicted octanol–water partition coefficient (Wildman–Crippen LogP) is 2.31. The Labute approximate surface area is 129 Å². The van der Waals surface area contributed by atoms with Crippen molar-refractivity contribution in [3.63, 3.8) is 0 Å². The van der Waals surface area contributed by atoms with Crippen molar-refractivity contribution in [3.8, 4) is 11.5 Å². The number of amides is 1. The van der Waals surface area contributed by atoms with Crippen LogP contribution < -0.4 is 10.1 Å². The number of rotatable bonds is 4. The van der Waals surface area contributed by atoms with Crippen LogP contribution >= 0.6 is 0 Å². The van der Waals surface area contributed by atoms with Crippen molar-refractivity contribution in [3.05, 3.63) is 54.4 Å². The monoisotopic (exact) mass is 297 g/mol. The molecule has 1 atom stereocenters. The highest BCUT2D eigenvalue weighted by molar-refractivity contribution is 5.92. The van der Waals surface area contributed by atoms with Crippen molar-refractivity contribution < 1.29 is 9.53 Å². The van der Waals surface area contributed by atoms with Crippen LogP contribution in [0.2, 0.25) is 0 Å². The molecule has 2 heterocycles. The van der Waals surface area contributed by atoms with E-state index in [9.17, 15) is 4.79 Å². The summed E-state index contributed by atoms with van der Waals surface area (Å²) in [5, 5.41) is 3.26. The number of hydrogen-bond acceptors (Lipinski definition) is 4. The summed E-state index contributed by atoms with van der Waals surface area (Å²) < 4.78 is 5.75. The van der Waals surface area contributed by atoms with E-state index in [0.29, 0.717) is 11.4 Å². The average Bonchev–Trinajstić information content (AvgIpc) is 3.09. The molecule has 2 aromatic rings. The predicted molar refractivity (Wildman–Crippen MR) is 84.1 cm³/mol. The van der Waals surface area contributed by atoms with E-state index in [0.717, 1.165) is 25.3 Å². The second-order valence-electron chi connectivity index (χ2n) is 5.35. The lowest BCUT2D eigenvalue weighted by Gasteiger charge is -2.23. The number of ether oxygens (including phenoxy) is 1. The molecule has 1 aliphatic rings. The van der Waals surface area contributed by atoms with Gasteiger partial charge in [0.15, 0.2) is 0 Å². The molecule has 1 aromatic carbocycles. The summed E-state index contributed by atoms with van der Waals surface area (Å²) in [4.78, 5) is 18.5. The summed E-state index contributed by atoms with van der Waals surface area (Å²) in [6.45, 7) is 1.79. The van der Waals surface area contributed by atoms with Crippen molar-refractivity contribution in [2.45, 2.75) is 12.5 Å². The molecule has 1 aliphatic heterocycles. The van der Waals surface area contributed by atoms with E-state index in [1.165, 1.54) is 0 Å². The van der Waals surface area contributed by atoms with Crippen molar-refractivity contribution in [2.24, 2.45) is 0 Å². The minimum Gasteiger partial charge on any atom is -0.457 e. The Morgan fingerprint density at radius 1 is 1.27 bits per heavy atom. The molecule has 114 valence electrons. The van der Waals surface area contributed by atoms with Gasteiger partial charge in [0.25, 0.3) is 5.91 Å². The van der Waals surface area contributed by atoms with Crippen molar-refractivity contribution in [1.82, 2.24) is 15.2 Å². The van der Waals surface area contributed by atoms with Gasteiger partial charge in [-0.15, -0.1) is 0 Å². The maximum absolute atomic E-state index is 12.5. The molecule has 0 aliphatic carbocycles. The second kappa shape index (κ2) is 6.58. The quantitative estimate of drug-likeness (QED) is 0.941. The topological polar surface area (TPSA) is 54.5 Å². The van der Waals surface area contributed by atoms with Gasteiger partial charge in [0.05, 0.1) is 0 Å². The smallest absolute Gasteiger partial charge is 0.272 e. The van der Waals surface area contributed by atoms with Gasteiger partial charge < -0.3 is 15.0 Å². The molecule has 0 bridgehead atoms. The van der Waals surface area contributed by atoms with Crippen LogP contribution in [0.15, 0.2) is 48.7 Å². The number of benzene rings is 1. The summed E-state index contributed by atoms with van der Waals surface area (Å²) in [6.07, 6.45) is 2.58. The lowest BCUT2D eigenvalue weighted by Crippen LogP contribution is -2.38. The van der Waals surface area contributed by atoms with E-state index >= 15 is 0 Å². The normalized spacial score (nSPS) is 17.2. The third kappa shape index (κ3) is 3.26. The van der Waals surface area contributed by atoms with Crippen LogP contribution in [0.5, 0.6) is 11.5 Å². The summed E-state index contributed by atoms with van der Waals surface area (Å²) in [5.41, 5.74) is 0.405. The lowest BCUT2D eigenvalue weighted by molar-refractivity contribution is 0.0737. The molecule has 1 aromatic heterocycles. The molecule has 5 nitrogen and oxygen atoms in total. The molecular weight excluding hydrogens is 278 g/mol. The molecule has 1 N–H and O–H groups in total. The van der Waals surface area contributed by atoms with Crippen molar-refractivity contribution >= 4 is 5.91 Å². The number of hydrogen-bond donors (Lipinski definition) is 1. The Hall–Kier alpha value is -2.40. The fourth-order valence-electron chi connectivity index (χ4n) is 2.53. The first-order valence-corrected chi connectivity index (χ1v) is 7.41. The molecule has 1 fully saturated rings. The van der Waals surface area contributed by atoms with E-state index in [4.69, 9.17) is 4.74 Å². The van der Waals surface area contributed by atoms with Crippen LogP contribution in [-0.2, 0) is 0 Å². The standard InChI is InChI=1S/C17H19N3O2/c1-20(13-7-9-18-12-13)17(21)16-11-15(8-10-19-16)22-14-5-3-2-4-6-14/h2-6,8,10-11,13,18H,7,9,12H2,1H3. The zero-order valence-corrected chi connectivity index (χ0v) is 12.5. The third-order valence-electron chi connectivity index (χ3n) is 3.83. The van der Waals surface area contributed by atoms with Crippen molar-refractivity contribution in [1.29, 1.82) is 0 Å². The van der Waals surface area contributed by atoms with Gasteiger partial charge in [-0.1, -0.05) is 18.2 Å². The first-order chi connectivity index (χ1) is 10.7. The number of pyridine rings is 1. The van der Waals surface area contributed by atoms with E-state index in [2.05, 4.69) is 10.3 Å². The Balaban J connectivity index is 1.74. The minimum absolute atomic E-state index is 0.0767. The maximum atomic E-state index is 12.5. The summed E-state index contributed by atoms with van der Waals surface area (Å²) in [5.74, 6) is 1.27. The van der Waals surface area contributed by atoms with E-state index in [1.54, 1.807) is 23.2 Å². The zero-order valence-electron chi connectivity index (χ0n) is 12.5. The number of carbonyl (C=O) groups excluding carboxylic acids is 1. The second-order valence-corrected chi connectivity index (χ2v) is 5.35. The van der Waals surface area contributed by atoms with Crippen LogP contribution in [-0.4, -0.2) is 42.0 Å². The number of para-hydroxylation sites is 1. The number of nitrogens with one attached hydrogen (secondary N) is 1. The molecule has 1 unspecified atom stereocenters. The van der Waals surface area contributed by atoms with Crippen LogP contribution in [0.4, 0.5) is 0 Å². The minimum atomic E-state index is -0.0767. The number of likely N-dealkylation sites (N-methyl/N-ethyl adjacent to an activating group) is 1. The highest BCUT2D eigenvalue weighted by Gasteiger charge is 2.24. The van der Waals surface area contributed by atoms with E-state index in [1.807, 2.05) is 37.4 Å². The molecule has 1 saturated heterocycles. The number of aromatic nitrogens is 1. The molecule has 0 radical (unpaired) electrons. The van der Waals surface area contributed by atoms with E-state index < -0.39 is 0 Å². The Morgan fingerprint density at radius 3 is 2.82 bits per heavy atom. The number of nitrogens with zero attached hydrogens (tertiary/aromatic N) is 2. The Morgan fingerprint density at radius 2 is 2.09 bits per heavy atom. The Bertz CT molecular complexity index is 639. The van der Waals surface area contributed by atoms with E-state index in [-0.39, 0.29) is 11.9 Å². The van der Waals surface area contributed by atoms with Crippen LogP contribution in [0.1, 0.15) is 16.9 Å². The first kappa shape index (κ1) is 14.5. The molecular formula is C17H19N3O2. The fraction of sp³-hybridized carbons (Fsp3) is 0.294. The van der Waals surface area contributed by atoms with Gasteiger partial charge in [-0.3, -0.25) is 9.78 Å². The van der Waals surface area contributed by atoms with Gasteiger partial charge in [0.1, 0.15) is 17.2 Å². The van der Waals surface area contributed by atoms with Gasteiger partial charge in [-0.05, 0) is 31.2 Å². The van der Waals surface area contributed by atoms with Gasteiger partial charge in [0.2, 0.25) is 0 Å². The van der Waals surface area contributed by atoms with Gasteiger partial charge in [-0.2, -0.15) is 0 Å². The van der Waals surface area contributed by atoms with Crippen LogP contribution in [0.3, 0.4) is 0 Å². The third-order valence-corrected chi connectivity index (χ3v) is 3.83. The van der Waals surface area contributed by atoms with Crippen LogP contribution in [0, 0.1) is 0 Å². The largest absolute Gasteiger partial charge is 0.457 e. The molecule has 3 rings (SSSR count). The summed E-state index contributed by atoms with van der Waals surface area (Å²) in [7, 11) is 1.83. The van der Waals surface area contributed by atoms with Gasteiger partial charge >= 0.3 is 0 Å². The fourth-order valence-corrected chi connectivity index (χ4v) is 2.53. The molecule has 1 amide bonds. The summed E-state index contributed by atoms with van der Waals surface area (Å²) in [6, 6.07) is 13.2. The zero-order chi connectivity index (χ0) is 15.4. The maximum Gasteiger partial charge on any atom is 0.272 e. The highest BCUT2D eigenvalue weighted by Crippen LogP contribution is 2.21. The van der Waals surface area contributed by atoms with Gasteiger partial charge in [0, 0.05) is 31.9 Å². The van der Waals surface area contributed by atoms with Crippen LogP contribution in [0.25, 0.3) is 0 Å². The number of carbonyl (C=O) groups is 1. The molecule has 0 spiro atoms. The first-order valence-electron chi connectivity index (χ1n) is 7.41. The lowest BCUT2D eigenvalue weighted by atomic mass is 10.2.